The predicted molar refractivity (Wildman–Crippen MR) is 91.3 cm³/mol. The number of unbranched alkanes of at least 4 members (excludes halogenated alkanes) is 5. The van der Waals surface area contributed by atoms with Gasteiger partial charge in [0.05, 0.1) is 0 Å². The van der Waals surface area contributed by atoms with Crippen LogP contribution in [-0.4, -0.2) is 13.2 Å². The smallest absolute Gasteiger partial charge is 0.0466 e. The zero-order chi connectivity index (χ0) is 15.1. The average Bonchev–Trinajstić information content (AvgIpc) is 2.41. The van der Waals surface area contributed by atoms with Gasteiger partial charge in [0.2, 0.25) is 0 Å². The summed E-state index contributed by atoms with van der Waals surface area (Å²) in [6, 6.07) is 0. The van der Waals surface area contributed by atoms with Crippen molar-refractivity contribution in [1.82, 2.24) is 0 Å². The van der Waals surface area contributed by atoms with Crippen molar-refractivity contribution in [2.75, 3.05) is 13.2 Å². The number of hydrogen-bond donors (Lipinski definition) is 0. The van der Waals surface area contributed by atoms with Crippen LogP contribution in [0.1, 0.15) is 98.3 Å². The molecule has 0 aromatic carbocycles. The van der Waals surface area contributed by atoms with Gasteiger partial charge in [0.15, 0.2) is 0 Å². The molecule has 0 aliphatic rings. The molecule has 1 heteroatoms. The van der Waals surface area contributed by atoms with Crippen LogP contribution < -0.4 is 0 Å². The fourth-order valence-electron chi connectivity index (χ4n) is 3.04. The second kappa shape index (κ2) is 15.4. The zero-order valence-corrected chi connectivity index (χ0v) is 14.8. The third kappa shape index (κ3) is 14.4. The second-order valence-corrected chi connectivity index (χ2v) is 6.76. The summed E-state index contributed by atoms with van der Waals surface area (Å²) in [5, 5.41) is 0. The first-order valence-electron chi connectivity index (χ1n) is 9.28. The first kappa shape index (κ1) is 20.0. The van der Waals surface area contributed by atoms with Crippen molar-refractivity contribution in [1.29, 1.82) is 0 Å². The maximum Gasteiger partial charge on any atom is 0.0466 e. The summed E-state index contributed by atoms with van der Waals surface area (Å²) in [5.41, 5.74) is 0. The molecule has 0 aromatic heterocycles. The van der Waals surface area contributed by atoms with Crippen LogP contribution in [0.2, 0.25) is 0 Å². The normalized spacial score (nSPS) is 14.4. The molecule has 0 radical (unpaired) electrons. The van der Waals surface area contributed by atoms with Crippen LogP contribution in [-0.2, 0) is 4.74 Å². The van der Waals surface area contributed by atoms with Gasteiger partial charge in [0.25, 0.3) is 0 Å². The van der Waals surface area contributed by atoms with Crippen molar-refractivity contribution in [3.05, 3.63) is 0 Å². The van der Waals surface area contributed by atoms with Crippen molar-refractivity contribution in [3.63, 3.8) is 0 Å². The van der Waals surface area contributed by atoms with Crippen LogP contribution in [0, 0.1) is 11.8 Å². The van der Waals surface area contributed by atoms with Gasteiger partial charge in [-0.2, -0.15) is 0 Å². The Morgan fingerprint density at radius 1 is 0.650 bits per heavy atom. The van der Waals surface area contributed by atoms with Gasteiger partial charge in [0, 0.05) is 13.2 Å². The van der Waals surface area contributed by atoms with Crippen LogP contribution >= 0.6 is 0 Å². The summed E-state index contributed by atoms with van der Waals surface area (Å²) >= 11 is 0. The molecule has 0 heterocycles. The topological polar surface area (TPSA) is 9.23 Å². The molecule has 20 heavy (non-hydrogen) atoms. The Labute approximate surface area is 128 Å². The summed E-state index contributed by atoms with van der Waals surface area (Å²) in [6.07, 6.45) is 14.8. The molecule has 2 atom stereocenters. The summed E-state index contributed by atoms with van der Waals surface area (Å²) in [7, 11) is 0. The minimum atomic E-state index is 0.870. The Morgan fingerprint density at radius 3 is 1.95 bits per heavy atom. The largest absolute Gasteiger partial charge is 0.381 e. The van der Waals surface area contributed by atoms with E-state index in [2.05, 4.69) is 27.7 Å². The Kier molecular flexibility index (Phi) is 15.3. The first-order valence-corrected chi connectivity index (χ1v) is 9.28. The summed E-state index contributed by atoms with van der Waals surface area (Å²) < 4.78 is 5.74. The van der Waals surface area contributed by atoms with Crippen LogP contribution in [0.5, 0.6) is 0 Å². The molecule has 0 saturated heterocycles. The summed E-state index contributed by atoms with van der Waals surface area (Å²) in [5.74, 6) is 1.77. The summed E-state index contributed by atoms with van der Waals surface area (Å²) in [6.45, 7) is 11.3. The van der Waals surface area contributed by atoms with Crippen LogP contribution in [0.15, 0.2) is 0 Å². The molecule has 0 N–H and O–H groups in total. The minimum Gasteiger partial charge on any atom is -0.381 e. The number of rotatable bonds is 15. The molecule has 0 aromatic rings. The molecule has 1 nitrogen and oxygen atoms in total. The van der Waals surface area contributed by atoms with E-state index >= 15 is 0 Å². The highest BCUT2D eigenvalue weighted by molar-refractivity contribution is 4.59. The van der Waals surface area contributed by atoms with E-state index in [1.54, 1.807) is 0 Å². The highest BCUT2D eigenvalue weighted by atomic mass is 16.5. The maximum absolute atomic E-state index is 5.74. The molecule has 122 valence electrons. The van der Waals surface area contributed by atoms with Gasteiger partial charge >= 0.3 is 0 Å². The fourth-order valence-corrected chi connectivity index (χ4v) is 3.04. The Morgan fingerprint density at radius 2 is 1.25 bits per heavy atom. The van der Waals surface area contributed by atoms with E-state index in [4.69, 9.17) is 4.74 Å². The van der Waals surface area contributed by atoms with E-state index in [1.165, 1.54) is 70.6 Å². The van der Waals surface area contributed by atoms with Gasteiger partial charge in [0.1, 0.15) is 0 Å². The first-order chi connectivity index (χ1) is 9.70. The van der Waals surface area contributed by atoms with Crippen LogP contribution in [0.4, 0.5) is 0 Å². The lowest BCUT2D eigenvalue weighted by Gasteiger charge is -2.16. The van der Waals surface area contributed by atoms with Crippen molar-refractivity contribution < 1.29 is 4.74 Å². The SMILES string of the molecule is CCCCCCCCOCCCC(C)CC(C)CCC. The number of hydrogen-bond acceptors (Lipinski definition) is 1. The Hall–Kier alpha value is -0.0400. The van der Waals surface area contributed by atoms with Gasteiger partial charge < -0.3 is 4.74 Å². The Balaban J connectivity index is 3.19. The van der Waals surface area contributed by atoms with Gasteiger partial charge in [-0.1, -0.05) is 72.6 Å². The van der Waals surface area contributed by atoms with Crippen LogP contribution in [0.3, 0.4) is 0 Å². The molecule has 0 spiro atoms. The van der Waals surface area contributed by atoms with E-state index in [9.17, 15) is 0 Å². The lowest BCUT2D eigenvalue weighted by molar-refractivity contribution is 0.122. The summed E-state index contributed by atoms with van der Waals surface area (Å²) in [4.78, 5) is 0. The van der Waals surface area contributed by atoms with Gasteiger partial charge in [-0.15, -0.1) is 0 Å². The highest BCUT2D eigenvalue weighted by Gasteiger charge is 2.07. The van der Waals surface area contributed by atoms with Gasteiger partial charge in [-0.3, -0.25) is 0 Å². The molecule has 0 bridgehead atoms. The molecule has 0 rings (SSSR count). The van der Waals surface area contributed by atoms with E-state index < -0.39 is 0 Å². The van der Waals surface area contributed by atoms with Crippen molar-refractivity contribution in [2.45, 2.75) is 98.3 Å². The highest BCUT2D eigenvalue weighted by Crippen LogP contribution is 2.20. The van der Waals surface area contributed by atoms with E-state index in [1.807, 2.05) is 0 Å². The third-order valence-corrected chi connectivity index (χ3v) is 4.21. The van der Waals surface area contributed by atoms with E-state index in [0.29, 0.717) is 0 Å². The lowest BCUT2D eigenvalue weighted by atomic mass is 9.91. The molecule has 0 saturated carbocycles. The molecule has 2 unspecified atom stereocenters. The number of ether oxygens (including phenoxy) is 1. The standard InChI is InChI=1S/C19H40O/c1-5-7-8-9-10-11-15-20-16-12-14-19(4)17-18(3)13-6-2/h18-19H,5-17H2,1-4H3. The monoisotopic (exact) mass is 284 g/mol. The molecule has 0 aliphatic carbocycles. The van der Waals surface area contributed by atoms with Gasteiger partial charge in [-0.25, -0.2) is 0 Å². The van der Waals surface area contributed by atoms with Crippen molar-refractivity contribution >= 4 is 0 Å². The van der Waals surface area contributed by atoms with E-state index in [0.717, 1.165) is 25.0 Å². The van der Waals surface area contributed by atoms with E-state index in [-0.39, 0.29) is 0 Å². The quantitative estimate of drug-likeness (QED) is 0.308. The van der Waals surface area contributed by atoms with Gasteiger partial charge in [-0.05, 0) is 37.5 Å². The molecule has 0 amide bonds. The van der Waals surface area contributed by atoms with Crippen molar-refractivity contribution in [2.24, 2.45) is 11.8 Å². The minimum absolute atomic E-state index is 0.870. The third-order valence-electron chi connectivity index (χ3n) is 4.21. The van der Waals surface area contributed by atoms with Crippen LogP contribution in [0.25, 0.3) is 0 Å². The molecule has 0 fully saturated rings. The van der Waals surface area contributed by atoms with Crippen molar-refractivity contribution in [3.8, 4) is 0 Å². The molecular weight excluding hydrogens is 244 g/mol. The maximum atomic E-state index is 5.74. The Bertz CT molecular complexity index is 179. The lowest BCUT2D eigenvalue weighted by Crippen LogP contribution is -2.05. The zero-order valence-electron chi connectivity index (χ0n) is 14.8. The molecular formula is C19H40O. The average molecular weight is 285 g/mol. The molecule has 0 aliphatic heterocycles. The fraction of sp³-hybridized carbons (Fsp3) is 1.00. The second-order valence-electron chi connectivity index (χ2n) is 6.76. The predicted octanol–water partition coefficient (Wildman–Crippen LogP) is 6.61.